The highest BCUT2D eigenvalue weighted by atomic mass is 16.5. The Morgan fingerprint density at radius 1 is 1.00 bits per heavy atom. The van der Waals surface area contributed by atoms with E-state index < -0.39 is 0 Å². The molecular weight excluding hydrogens is 318 g/mol. The Bertz CT molecular complexity index is 874. The molecule has 1 aliphatic carbocycles. The maximum Gasteiger partial charge on any atom is 0.266 e. The van der Waals surface area contributed by atoms with Crippen molar-refractivity contribution in [1.29, 1.82) is 0 Å². The third-order valence-corrected chi connectivity index (χ3v) is 5.08. The lowest BCUT2D eigenvalue weighted by Crippen LogP contribution is -2.36. The summed E-state index contributed by atoms with van der Waals surface area (Å²) in [4.78, 5) is 27.5. The van der Waals surface area contributed by atoms with Crippen LogP contribution in [0.2, 0.25) is 0 Å². The van der Waals surface area contributed by atoms with Crippen LogP contribution in [0.3, 0.4) is 0 Å². The van der Waals surface area contributed by atoms with E-state index in [0.29, 0.717) is 22.6 Å². The molecule has 1 heterocycles. The summed E-state index contributed by atoms with van der Waals surface area (Å²) in [5.41, 5.74) is 2.95. The molecule has 1 aliphatic heterocycles. The second-order valence-corrected chi connectivity index (χ2v) is 6.31. The van der Waals surface area contributed by atoms with E-state index in [1.165, 1.54) is 24.7 Å². The smallest absolute Gasteiger partial charge is 0.266 e. The van der Waals surface area contributed by atoms with Crippen molar-refractivity contribution in [3.05, 3.63) is 58.7 Å². The number of aryl methyl sites for hydroxylation is 1. The SMILES string of the molecule is COc1ccc2c(c1OC)C(=O)N([C@H]1CCCc3ccccc31)C2=O. The van der Waals surface area contributed by atoms with E-state index in [9.17, 15) is 9.59 Å². The third kappa shape index (κ3) is 2.22. The topological polar surface area (TPSA) is 55.8 Å². The molecule has 2 aliphatic rings. The van der Waals surface area contributed by atoms with Gasteiger partial charge < -0.3 is 9.47 Å². The predicted octanol–water partition coefficient (Wildman–Crippen LogP) is 3.38. The molecule has 25 heavy (non-hydrogen) atoms. The van der Waals surface area contributed by atoms with Gasteiger partial charge in [-0.2, -0.15) is 0 Å². The molecule has 0 N–H and O–H groups in total. The lowest BCUT2D eigenvalue weighted by molar-refractivity contribution is 0.0565. The van der Waals surface area contributed by atoms with Crippen LogP contribution >= 0.6 is 0 Å². The fourth-order valence-electron chi connectivity index (χ4n) is 3.94. The monoisotopic (exact) mass is 337 g/mol. The summed E-state index contributed by atoms with van der Waals surface area (Å²) in [6.07, 6.45) is 2.71. The summed E-state index contributed by atoms with van der Waals surface area (Å²) in [6, 6.07) is 11.1. The van der Waals surface area contributed by atoms with Gasteiger partial charge in [0.1, 0.15) is 0 Å². The second-order valence-electron chi connectivity index (χ2n) is 6.31. The Kier molecular flexibility index (Phi) is 3.71. The number of carbonyl (C=O) groups is 2. The van der Waals surface area contributed by atoms with Gasteiger partial charge in [0.2, 0.25) is 0 Å². The molecule has 2 amide bonds. The van der Waals surface area contributed by atoms with Crippen molar-refractivity contribution < 1.29 is 19.1 Å². The van der Waals surface area contributed by atoms with Gasteiger partial charge in [-0.05, 0) is 42.5 Å². The molecule has 0 radical (unpaired) electrons. The number of fused-ring (bicyclic) bond motifs is 2. The molecule has 0 bridgehead atoms. The van der Waals surface area contributed by atoms with Gasteiger partial charge in [0.15, 0.2) is 11.5 Å². The average molecular weight is 337 g/mol. The molecule has 0 aromatic heterocycles. The van der Waals surface area contributed by atoms with E-state index in [4.69, 9.17) is 9.47 Å². The van der Waals surface area contributed by atoms with Gasteiger partial charge in [0.05, 0.1) is 31.4 Å². The second kappa shape index (κ2) is 5.92. The Balaban J connectivity index is 1.82. The summed E-state index contributed by atoms with van der Waals surface area (Å²) in [5, 5.41) is 0. The lowest BCUT2D eigenvalue weighted by atomic mass is 9.87. The first-order valence-electron chi connectivity index (χ1n) is 8.38. The van der Waals surface area contributed by atoms with Gasteiger partial charge in [-0.1, -0.05) is 24.3 Å². The van der Waals surface area contributed by atoms with Crippen LogP contribution in [0.5, 0.6) is 11.5 Å². The molecule has 5 nitrogen and oxygen atoms in total. The highest BCUT2D eigenvalue weighted by Gasteiger charge is 2.44. The number of amides is 2. The van der Waals surface area contributed by atoms with Crippen LogP contribution in [0, 0.1) is 0 Å². The largest absolute Gasteiger partial charge is 0.493 e. The fraction of sp³-hybridized carbons (Fsp3) is 0.300. The normalized spacial score (nSPS) is 18.8. The van der Waals surface area contributed by atoms with Crippen LogP contribution < -0.4 is 9.47 Å². The molecule has 1 atom stereocenters. The number of rotatable bonds is 3. The van der Waals surface area contributed by atoms with Crippen molar-refractivity contribution in [3.8, 4) is 11.5 Å². The molecule has 0 unspecified atom stereocenters. The molecule has 128 valence electrons. The van der Waals surface area contributed by atoms with Gasteiger partial charge in [-0.3, -0.25) is 14.5 Å². The van der Waals surface area contributed by atoms with E-state index in [1.54, 1.807) is 12.1 Å². The summed E-state index contributed by atoms with van der Waals surface area (Å²) in [7, 11) is 3.00. The van der Waals surface area contributed by atoms with Crippen molar-refractivity contribution in [2.75, 3.05) is 14.2 Å². The van der Waals surface area contributed by atoms with Crippen molar-refractivity contribution in [2.45, 2.75) is 25.3 Å². The van der Waals surface area contributed by atoms with Gasteiger partial charge in [0.25, 0.3) is 11.8 Å². The molecule has 5 heteroatoms. The van der Waals surface area contributed by atoms with E-state index in [0.717, 1.165) is 24.8 Å². The van der Waals surface area contributed by atoms with Crippen LogP contribution in [0.25, 0.3) is 0 Å². The van der Waals surface area contributed by atoms with Gasteiger partial charge in [0, 0.05) is 0 Å². The quantitative estimate of drug-likeness (QED) is 0.806. The molecule has 2 aromatic carbocycles. The number of methoxy groups -OCH3 is 2. The zero-order chi connectivity index (χ0) is 17.6. The zero-order valence-electron chi connectivity index (χ0n) is 14.2. The summed E-state index contributed by atoms with van der Waals surface area (Å²) >= 11 is 0. The summed E-state index contributed by atoms with van der Waals surface area (Å²) in [5.74, 6) is 0.207. The molecule has 0 saturated carbocycles. The number of hydrogen-bond donors (Lipinski definition) is 0. The minimum atomic E-state index is -0.308. The maximum atomic E-state index is 13.1. The molecule has 0 spiro atoms. The van der Waals surface area contributed by atoms with Gasteiger partial charge >= 0.3 is 0 Å². The zero-order valence-corrected chi connectivity index (χ0v) is 14.2. The van der Waals surface area contributed by atoms with Crippen LogP contribution in [0.4, 0.5) is 0 Å². The number of ether oxygens (including phenoxy) is 2. The Morgan fingerprint density at radius 3 is 2.56 bits per heavy atom. The van der Waals surface area contributed by atoms with Crippen LogP contribution in [-0.2, 0) is 6.42 Å². The molecular formula is C20H19NO4. The lowest BCUT2D eigenvalue weighted by Gasteiger charge is -2.31. The third-order valence-electron chi connectivity index (χ3n) is 5.08. The van der Waals surface area contributed by atoms with Crippen molar-refractivity contribution >= 4 is 11.8 Å². The van der Waals surface area contributed by atoms with Crippen LogP contribution in [0.1, 0.15) is 50.7 Å². The first kappa shape index (κ1) is 15.7. The molecule has 2 aromatic rings. The molecule has 4 rings (SSSR count). The Morgan fingerprint density at radius 2 is 1.80 bits per heavy atom. The van der Waals surface area contributed by atoms with Crippen molar-refractivity contribution in [1.82, 2.24) is 4.90 Å². The standard InChI is InChI=1S/C20H19NO4/c1-24-16-11-10-14-17(18(16)25-2)20(23)21(19(14)22)15-9-5-7-12-6-3-4-8-13(12)15/h3-4,6,8,10-11,15H,5,7,9H2,1-2H3/t15-/m0/s1. The van der Waals surface area contributed by atoms with Crippen LogP contribution in [0.15, 0.2) is 36.4 Å². The Labute approximate surface area is 146 Å². The maximum absolute atomic E-state index is 13.1. The Hall–Kier alpha value is -2.82. The number of hydrogen-bond acceptors (Lipinski definition) is 4. The number of carbonyl (C=O) groups excluding carboxylic acids is 2. The van der Waals surface area contributed by atoms with Crippen molar-refractivity contribution in [2.24, 2.45) is 0 Å². The van der Waals surface area contributed by atoms with Crippen molar-refractivity contribution in [3.63, 3.8) is 0 Å². The summed E-state index contributed by atoms with van der Waals surface area (Å²) < 4.78 is 10.7. The van der Waals surface area contributed by atoms with Gasteiger partial charge in [-0.15, -0.1) is 0 Å². The van der Waals surface area contributed by atoms with Crippen LogP contribution in [-0.4, -0.2) is 30.9 Å². The highest BCUT2D eigenvalue weighted by Crippen LogP contribution is 2.43. The minimum Gasteiger partial charge on any atom is -0.493 e. The fourth-order valence-corrected chi connectivity index (χ4v) is 3.94. The van der Waals surface area contributed by atoms with E-state index in [-0.39, 0.29) is 17.9 Å². The minimum absolute atomic E-state index is 0.229. The average Bonchev–Trinajstić information content (AvgIpc) is 2.91. The number of nitrogens with zero attached hydrogens (tertiary/aromatic N) is 1. The van der Waals surface area contributed by atoms with E-state index in [2.05, 4.69) is 6.07 Å². The predicted molar refractivity (Wildman–Crippen MR) is 92.2 cm³/mol. The number of imide groups is 1. The van der Waals surface area contributed by atoms with E-state index >= 15 is 0 Å². The van der Waals surface area contributed by atoms with E-state index in [1.807, 2.05) is 18.2 Å². The van der Waals surface area contributed by atoms with Gasteiger partial charge in [-0.25, -0.2) is 0 Å². The number of benzene rings is 2. The summed E-state index contributed by atoms with van der Waals surface area (Å²) in [6.45, 7) is 0. The molecule has 0 fully saturated rings. The highest BCUT2D eigenvalue weighted by molar-refractivity contribution is 6.23. The first-order chi connectivity index (χ1) is 12.2. The first-order valence-corrected chi connectivity index (χ1v) is 8.38. The molecule has 0 saturated heterocycles.